The highest BCUT2D eigenvalue weighted by Crippen LogP contribution is 2.48. The molecule has 2 aromatic rings. The molecule has 1 aromatic heterocycles. The van der Waals surface area contributed by atoms with Gasteiger partial charge in [-0.05, 0) is 53.0 Å². The lowest BCUT2D eigenvalue weighted by molar-refractivity contribution is -0.124. The van der Waals surface area contributed by atoms with Gasteiger partial charge in [-0.3, -0.25) is 9.48 Å². The molecule has 0 bridgehead atoms. The van der Waals surface area contributed by atoms with Crippen molar-refractivity contribution in [3.05, 3.63) is 52.3 Å². The summed E-state index contributed by atoms with van der Waals surface area (Å²) in [5, 5.41) is 7.81. The molecule has 1 aliphatic rings. The van der Waals surface area contributed by atoms with Crippen molar-refractivity contribution in [2.75, 3.05) is 0 Å². The van der Waals surface area contributed by atoms with E-state index in [4.69, 9.17) is 0 Å². The van der Waals surface area contributed by atoms with Gasteiger partial charge < -0.3 is 5.32 Å². The van der Waals surface area contributed by atoms with Crippen LogP contribution in [0.25, 0.3) is 0 Å². The first-order chi connectivity index (χ1) is 11.4. The van der Waals surface area contributed by atoms with Crippen molar-refractivity contribution in [3.8, 4) is 0 Å². The lowest BCUT2D eigenvalue weighted by atomic mass is 9.93. The van der Waals surface area contributed by atoms with Gasteiger partial charge in [-0.1, -0.05) is 29.8 Å². The molecule has 0 radical (unpaired) electrons. The van der Waals surface area contributed by atoms with Crippen LogP contribution < -0.4 is 5.32 Å². The van der Waals surface area contributed by atoms with Gasteiger partial charge in [-0.25, -0.2) is 0 Å². The maximum absolute atomic E-state index is 13.0. The number of benzene rings is 1. The fraction of sp³-hybridized carbons (Fsp3) is 0.500. The lowest BCUT2D eigenvalue weighted by Crippen LogP contribution is -2.36. The Labute approximate surface area is 144 Å². The highest BCUT2D eigenvalue weighted by molar-refractivity contribution is 5.91. The molecule has 1 atom stereocenters. The molecule has 1 aromatic carbocycles. The van der Waals surface area contributed by atoms with Gasteiger partial charge in [0.15, 0.2) is 0 Å². The average Bonchev–Trinajstić information content (AvgIpc) is 3.29. The second kappa shape index (κ2) is 6.08. The highest BCUT2D eigenvalue weighted by Gasteiger charge is 2.51. The van der Waals surface area contributed by atoms with E-state index in [1.165, 1.54) is 5.56 Å². The zero-order valence-corrected chi connectivity index (χ0v) is 15.3. The van der Waals surface area contributed by atoms with Crippen LogP contribution in [0.1, 0.15) is 60.8 Å². The van der Waals surface area contributed by atoms with Crippen LogP contribution in [0.3, 0.4) is 0 Å². The number of aromatic nitrogens is 2. The zero-order chi connectivity index (χ0) is 17.5. The summed E-state index contributed by atoms with van der Waals surface area (Å²) in [6.07, 6.45) is 1.86. The Morgan fingerprint density at radius 1 is 1.25 bits per heavy atom. The van der Waals surface area contributed by atoms with E-state index in [1.54, 1.807) is 0 Å². The molecule has 0 unspecified atom stereocenters. The van der Waals surface area contributed by atoms with Crippen LogP contribution in [-0.4, -0.2) is 15.7 Å². The van der Waals surface area contributed by atoms with E-state index < -0.39 is 0 Å². The molecule has 1 saturated carbocycles. The Balaban J connectivity index is 1.80. The minimum atomic E-state index is -0.329. The smallest absolute Gasteiger partial charge is 0.231 e. The number of carbonyl (C=O) groups is 1. The number of carbonyl (C=O) groups excluding carboxylic acids is 1. The first-order valence-corrected chi connectivity index (χ1v) is 8.81. The van der Waals surface area contributed by atoms with E-state index in [2.05, 4.69) is 62.4 Å². The molecule has 128 valence electrons. The summed E-state index contributed by atoms with van der Waals surface area (Å²) in [6, 6.07) is 8.34. The number of hydrogen-bond acceptors (Lipinski definition) is 2. The van der Waals surface area contributed by atoms with Crippen LogP contribution in [0.2, 0.25) is 0 Å². The maximum Gasteiger partial charge on any atom is 0.231 e. The summed E-state index contributed by atoms with van der Waals surface area (Å²) in [7, 11) is 0. The van der Waals surface area contributed by atoms with E-state index in [1.807, 2.05) is 11.6 Å². The predicted octanol–water partition coefficient (Wildman–Crippen LogP) is 3.74. The van der Waals surface area contributed by atoms with Gasteiger partial charge in [0.2, 0.25) is 5.91 Å². The molecule has 4 heteroatoms. The van der Waals surface area contributed by atoms with E-state index in [-0.39, 0.29) is 17.4 Å². The number of nitrogens with zero attached hydrogens (tertiary/aromatic N) is 2. The number of aryl methyl sites for hydroxylation is 3. The monoisotopic (exact) mass is 325 g/mol. The fourth-order valence-corrected chi connectivity index (χ4v) is 3.70. The van der Waals surface area contributed by atoms with Crippen molar-refractivity contribution in [2.24, 2.45) is 0 Å². The predicted molar refractivity (Wildman–Crippen MR) is 96.0 cm³/mol. The Kier molecular flexibility index (Phi) is 4.24. The summed E-state index contributed by atoms with van der Waals surface area (Å²) in [5.74, 6) is 0.141. The van der Waals surface area contributed by atoms with E-state index >= 15 is 0 Å². The molecule has 1 aliphatic carbocycles. The fourth-order valence-electron chi connectivity index (χ4n) is 3.70. The molecular weight excluding hydrogens is 298 g/mol. The van der Waals surface area contributed by atoms with Crippen LogP contribution in [0.4, 0.5) is 0 Å². The summed E-state index contributed by atoms with van der Waals surface area (Å²) >= 11 is 0. The van der Waals surface area contributed by atoms with E-state index in [9.17, 15) is 4.79 Å². The molecular formula is C20H27N3O. The standard InChI is InChI=1S/C20H27N3O/c1-6-23-16(5)18(15(4)22-23)14(3)21-19(24)20(11-12-20)17-9-7-13(2)8-10-17/h7-10,14H,6,11-12H2,1-5H3,(H,21,24)/t14-/m1/s1. The van der Waals surface area contributed by atoms with Crippen molar-refractivity contribution in [1.82, 2.24) is 15.1 Å². The van der Waals surface area contributed by atoms with E-state index in [0.29, 0.717) is 0 Å². The Morgan fingerprint density at radius 3 is 2.38 bits per heavy atom. The third-order valence-corrected chi connectivity index (χ3v) is 5.31. The second-order valence-electron chi connectivity index (χ2n) is 7.04. The Bertz CT molecular complexity index is 754. The quantitative estimate of drug-likeness (QED) is 0.910. The van der Waals surface area contributed by atoms with Crippen LogP contribution >= 0.6 is 0 Å². The molecule has 3 rings (SSSR count). The highest BCUT2D eigenvalue weighted by atomic mass is 16.2. The van der Waals surface area contributed by atoms with Crippen molar-refractivity contribution in [1.29, 1.82) is 0 Å². The number of nitrogens with one attached hydrogen (secondary N) is 1. The molecule has 24 heavy (non-hydrogen) atoms. The van der Waals surface area contributed by atoms with Gasteiger partial charge in [-0.2, -0.15) is 5.10 Å². The van der Waals surface area contributed by atoms with Gasteiger partial charge in [0, 0.05) is 17.8 Å². The van der Waals surface area contributed by atoms with E-state index in [0.717, 1.165) is 41.9 Å². The molecule has 0 aliphatic heterocycles. The van der Waals surface area contributed by atoms with Gasteiger partial charge >= 0.3 is 0 Å². The van der Waals surface area contributed by atoms with Crippen LogP contribution in [0.5, 0.6) is 0 Å². The van der Waals surface area contributed by atoms with Crippen LogP contribution in [0.15, 0.2) is 24.3 Å². The first kappa shape index (κ1) is 16.7. The van der Waals surface area contributed by atoms with Gasteiger partial charge in [-0.15, -0.1) is 0 Å². The molecule has 1 heterocycles. The van der Waals surface area contributed by atoms with Crippen molar-refractivity contribution in [2.45, 2.75) is 65.5 Å². The second-order valence-corrected chi connectivity index (χ2v) is 7.04. The number of hydrogen-bond donors (Lipinski definition) is 1. The normalized spacial score (nSPS) is 16.7. The zero-order valence-electron chi connectivity index (χ0n) is 15.3. The molecule has 1 fully saturated rings. The maximum atomic E-state index is 13.0. The first-order valence-electron chi connectivity index (χ1n) is 8.81. The third kappa shape index (κ3) is 2.74. The van der Waals surface area contributed by atoms with Crippen LogP contribution in [0, 0.1) is 20.8 Å². The minimum Gasteiger partial charge on any atom is -0.349 e. The van der Waals surface area contributed by atoms with Crippen molar-refractivity contribution in [3.63, 3.8) is 0 Å². The average molecular weight is 325 g/mol. The van der Waals surface area contributed by atoms with Gasteiger partial charge in [0.05, 0.1) is 17.2 Å². The summed E-state index contributed by atoms with van der Waals surface area (Å²) in [4.78, 5) is 13.0. The van der Waals surface area contributed by atoms with Crippen molar-refractivity contribution >= 4 is 5.91 Å². The molecule has 1 N–H and O–H groups in total. The molecule has 0 spiro atoms. The topological polar surface area (TPSA) is 46.9 Å². The summed E-state index contributed by atoms with van der Waals surface area (Å²) < 4.78 is 2.00. The SMILES string of the molecule is CCn1nc(C)c([C@@H](C)NC(=O)C2(c3ccc(C)cc3)CC2)c1C. The molecule has 1 amide bonds. The summed E-state index contributed by atoms with van der Waals surface area (Å²) in [5.41, 5.74) is 5.32. The molecule has 4 nitrogen and oxygen atoms in total. The Hall–Kier alpha value is -2.10. The van der Waals surface area contributed by atoms with Gasteiger partial charge in [0.1, 0.15) is 0 Å². The lowest BCUT2D eigenvalue weighted by Gasteiger charge is -2.21. The van der Waals surface area contributed by atoms with Crippen LogP contribution in [-0.2, 0) is 16.8 Å². The molecule has 0 saturated heterocycles. The van der Waals surface area contributed by atoms with Gasteiger partial charge in [0.25, 0.3) is 0 Å². The summed E-state index contributed by atoms with van der Waals surface area (Å²) in [6.45, 7) is 11.2. The van der Waals surface area contributed by atoms with Crippen molar-refractivity contribution < 1.29 is 4.79 Å². The third-order valence-electron chi connectivity index (χ3n) is 5.31. The number of amides is 1. The Morgan fingerprint density at radius 2 is 1.88 bits per heavy atom. The largest absolute Gasteiger partial charge is 0.349 e. The number of rotatable bonds is 5. The minimum absolute atomic E-state index is 0.0271.